The predicted octanol–water partition coefficient (Wildman–Crippen LogP) is 0.430. The van der Waals surface area contributed by atoms with Gasteiger partial charge in [0.25, 0.3) is 0 Å². The molecule has 3 heterocycles. The maximum atomic E-state index is 12.4. The third-order valence-electron chi connectivity index (χ3n) is 3.72. The summed E-state index contributed by atoms with van der Waals surface area (Å²) in [7, 11) is 1.51. The molecule has 1 amide bonds. The molecule has 1 fully saturated rings. The van der Waals surface area contributed by atoms with Crippen LogP contribution in [0.5, 0.6) is 5.88 Å². The zero-order chi connectivity index (χ0) is 14.8. The third-order valence-corrected chi connectivity index (χ3v) is 3.72. The number of piperidine rings is 1. The van der Waals surface area contributed by atoms with Crippen molar-refractivity contribution in [3.05, 3.63) is 6.33 Å². The van der Waals surface area contributed by atoms with Crippen molar-refractivity contribution < 1.29 is 9.53 Å². The highest BCUT2D eigenvalue weighted by Crippen LogP contribution is 2.23. The van der Waals surface area contributed by atoms with E-state index in [-0.39, 0.29) is 18.4 Å². The highest BCUT2D eigenvalue weighted by atomic mass is 16.5. The van der Waals surface area contributed by atoms with Crippen molar-refractivity contribution in [2.24, 2.45) is 0 Å². The van der Waals surface area contributed by atoms with Gasteiger partial charge in [0.2, 0.25) is 17.7 Å². The number of carbonyl (C=O) groups is 1. The number of nitrogen functional groups attached to an aromatic ring is 1. The van der Waals surface area contributed by atoms with Gasteiger partial charge in [-0.25, -0.2) is 9.97 Å². The smallest absolute Gasteiger partial charge is 0.245 e. The number of ether oxygens (including phenoxy) is 1. The van der Waals surface area contributed by atoms with Gasteiger partial charge < -0.3 is 15.4 Å². The Morgan fingerprint density at radius 3 is 2.81 bits per heavy atom. The number of rotatable bonds is 3. The lowest BCUT2D eigenvalue weighted by Gasteiger charge is -2.26. The summed E-state index contributed by atoms with van der Waals surface area (Å²) in [5.74, 6) is 0.642. The van der Waals surface area contributed by atoms with Gasteiger partial charge in [0.15, 0.2) is 11.2 Å². The van der Waals surface area contributed by atoms with Gasteiger partial charge in [0.05, 0.1) is 7.11 Å². The lowest BCUT2D eigenvalue weighted by atomic mass is 10.1. The molecule has 8 nitrogen and oxygen atoms in total. The SMILES string of the molecule is COc1ncnc2c1nc(N)n2CC(=O)N1CCCCC1. The van der Waals surface area contributed by atoms with E-state index in [9.17, 15) is 4.79 Å². The van der Waals surface area contributed by atoms with Gasteiger partial charge in [0.1, 0.15) is 12.9 Å². The fourth-order valence-corrected chi connectivity index (χ4v) is 2.62. The average molecular weight is 290 g/mol. The monoisotopic (exact) mass is 290 g/mol. The molecule has 2 aromatic rings. The predicted molar refractivity (Wildman–Crippen MR) is 76.7 cm³/mol. The topological polar surface area (TPSA) is 99.2 Å². The largest absolute Gasteiger partial charge is 0.479 e. The molecule has 0 bridgehead atoms. The Hall–Kier alpha value is -2.38. The van der Waals surface area contributed by atoms with Crippen LogP contribution in [0.15, 0.2) is 6.33 Å². The van der Waals surface area contributed by atoms with Crippen LogP contribution < -0.4 is 10.5 Å². The second-order valence-electron chi connectivity index (χ2n) is 5.05. The van der Waals surface area contributed by atoms with Crippen molar-refractivity contribution in [3.8, 4) is 5.88 Å². The highest BCUT2D eigenvalue weighted by molar-refractivity contribution is 5.83. The number of likely N-dealkylation sites (tertiary alicyclic amines) is 1. The third kappa shape index (κ3) is 2.48. The molecule has 3 rings (SSSR count). The van der Waals surface area contributed by atoms with E-state index >= 15 is 0 Å². The molecule has 0 spiro atoms. The molecule has 2 aromatic heterocycles. The molecule has 0 aliphatic carbocycles. The zero-order valence-electron chi connectivity index (χ0n) is 11.9. The van der Waals surface area contributed by atoms with Gasteiger partial charge in [-0.3, -0.25) is 9.36 Å². The standard InChI is InChI=1S/C13H18N6O2/c1-21-12-10-11(15-8-16-12)19(13(14)17-10)7-9(20)18-5-3-2-4-6-18/h8H,2-7H2,1H3,(H2,14,17). The van der Waals surface area contributed by atoms with Crippen LogP contribution in [-0.4, -0.2) is 50.5 Å². The van der Waals surface area contributed by atoms with Crippen molar-refractivity contribution in [3.63, 3.8) is 0 Å². The minimum absolute atomic E-state index is 0.0401. The maximum Gasteiger partial charge on any atom is 0.245 e. The number of methoxy groups -OCH3 is 1. The average Bonchev–Trinajstić information content (AvgIpc) is 2.84. The molecule has 2 N–H and O–H groups in total. The van der Waals surface area contributed by atoms with Crippen molar-refractivity contribution in [2.75, 3.05) is 25.9 Å². The molecule has 21 heavy (non-hydrogen) atoms. The van der Waals surface area contributed by atoms with E-state index in [4.69, 9.17) is 10.5 Å². The Kier molecular flexibility index (Phi) is 3.59. The molecule has 1 aliphatic rings. The summed E-state index contributed by atoms with van der Waals surface area (Å²) in [5, 5.41) is 0. The highest BCUT2D eigenvalue weighted by Gasteiger charge is 2.21. The number of hydrogen-bond donors (Lipinski definition) is 1. The second kappa shape index (κ2) is 5.55. The number of hydrogen-bond acceptors (Lipinski definition) is 6. The van der Waals surface area contributed by atoms with Gasteiger partial charge in [-0.05, 0) is 19.3 Å². The molecule has 1 aliphatic heterocycles. The van der Waals surface area contributed by atoms with Gasteiger partial charge in [-0.2, -0.15) is 4.98 Å². The van der Waals surface area contributed by atoms with E-state index in [1.165, 1.54) is 19.9 Å². The summed E-state index contributed by atoms with van der Waals surface area (Å²) in [6.45, 7) is 1.76. The van der Waals surface area contributed by atoms with Crippen LogP contribution >= 0.6 is 0 Å². The molecule has 1 saturated heterocycles. The molecule has 112 valence electrons. The van der Waals surface area contributed by atoms with E-state index in [0.717, 1.165) is 25.9 Å². The summed E-state index contributed by atoms with van der Waals surface area (Å²) in [5.41, 5.74) is 6.91. The van der Waals surface area contributed by atoms with Crippen LogP contribution in [0.4, 0.5) is 5.95 Å². The number of nitrogens with zero attached hydrogens (tertiary/aromatic N) is 5. The number of anilines is 1. The first-order valence-electron chi connectivity index (χ1n) is 6.99. The van der Waals surface area contributed by atoms with E-state index in [0.29, 0.717) is 17.0 Å². The summed E-state index contributed by atoms with van der Waals surface area (Å²) in [4.78, 5) is 26.6. The quantitative estimate of drug-likeness (QED) is 0.880. The lowest BCUT2D eigenvalue weighted by molar-refractivity contribution is -0.132. The van der Waals surface area contributed by atoms with Gasteiger partial charge in [0, 0.05) is 13.1 Å². The van der Waals surface area contributed by atoms with Gasteiger partial charge >= 0.3 is 0 Å². The lowest BCUT2D eigenvalue weighted by Crippen LogP contribution is -2.37. The molecular weight excluding hydrogens is 272 g/mol. The minimum Gasteiger partial charge on any atom is -0.479 e. The van der Waals surface area contributed by atoms with Gasteiger partial charge in [-0.1, -0.05) is 0 Å². The van der Waals surface area contributed by atoms with Crippen LogP contribution in [0, 0.1) is 0 Å². The first-order valence-corrected chi connectivity index (χ1v) is 6.99. The van der Waals surface area contributed by atoms with Crippen LogP contribution in [0.25, 0.3) is 11.2 Å². The van der Waals surface area contributed by atoms with E-state index in [1.807, 2.05) is 4.90 Å². The van der Waals surface area contributed by atoms with Crippen molar-refractivity contribution in [2.45, 2.75) is 25.8 Å². The summed E-state index contributed by atoms with van der Waals surface area (Å²) in [6.07, 6.45) is 4.68. The molecule has 0 aromatic carbocycles. The van der Waals surface area contributed by atoms with E-state index in [2.05, 4.69) is 15.0 Å². The summed E-state index contributed by atoms with van der Waals surface area (Å²) < 4.78 is 6.75. The van der Waals surface area contributed by atoms with E-state index in [1.54, 1.807) is 4.57 Å². The van der Waals surface area contributed by atoms with Crippen LogP contribution in [0.1, 0.15) is 19.3 Å². The zero-order valence-corrected chi connectivity index (χ0v) is 11.9. The Morgan fingerprint density at radius 2 is 2.10 bits per heavy atom. The number of nitrogens with two attached hydrogens (primary N) is 1. The minimum atomic E-state index is 0.0401. The molecule has 0 saturated carbocycles. The molecule has 0 unspecified atom stereocenters. The van der Waals surface area contributed by atoms with Crippen LogP contribution in [0.2, 0.25) is 0 Å². The summed E-state index contributed by atoms with van der Waals surface area (Å²) in [6, 6.07) is 0. The fraction of sp³-hybridized carbons (Fsp3) is 0.538. The van der Waals surface area contributed by atoms with Crippen LogP contribution in [-0.2, 0) is 11.3 Å². The fourth-order valence-electron chi connectivity index (χ4n) is 2.62. The Bertz CT molecular complexity index is 662. The first-order chi connectivity index (χ1) is 10.2. The second-order valence-corrected chi connectivity index (χ2v) is 5.05. The number of aromatic nitrogens is 4. The van der Waals surface area contributed by atoms with E-state index < -0.39 is 0 Å². The normalized spacial score (nSPS) is 15.4. The first kappa shape index (κ1) is 13.6. The number of amides is 1. The Morgan fingerprint density at radius 1 is 1.33 bits per heavy atom. The summed E-state index contributed by atoms with van der Waals surface area (Å²) >= 11 is 0. The maximum absolute atomic E-state index is 12.4. The van der Waals surface area contributed by atoms with Crippen molar-refractivity contribution in [1.29, 1.82) is 0 Å². The molecular formula is C13H18N6O2. The molecule has 8 heteroatoms. The van der Waals surface area contributed by atoms with Crippen molar-refractivity contribution in [1.82, 2.24) is 24.4 Å². The van der Waals surface area contributed by atoms with Crippen molar-refractivity contribution >= 4 is 23.0 Å². The molecule has 0 atom stereocenters. The Labute approximate surface area is 121 Å². The number of fused-ring (bicyclic) bond motifs is 1. The van der Waals surface area contributed by atoms with Gasteiger partial charge in [-0.15, -0.1) is 0 Å². The number of imidazole rings is 1. The number of carbonyl (C=O) groups excluding carboxylic acids is 1. The Balaban J connectivity index is 1.89. The van der Waals surface area contributed by atoms with Crippen LogP contribution in [0.3, 0.4) is 0 Å². The molecule has 0 radical (unpaired) electrons.